The lowest BCUT2D eigenvalue weighted by Crippen LogP contribution is -3.00. The predicted molar refractivity (Wildman–Crippen MR) is 195 cm³/mol. The van der Waals surface area contributed by atoms with Crippen molar-refractivity contribution in [1.29, 1.82) is 0 Å². The van der Waals surface area contributed by atoms with Gasteiger partial charge >= 0.3 is 17.9 Å². The molecule has 3 aromatic rings. The number of hydrogen-bond acceptors (Lipinski definition) is 6. The number of pyridine rings is 3. The summed E-state index contributed by atoms with van der Waals surface area (Å²) in [4.78, 5) is 38.2. The third-order valence-electron chi connectivity index (χ3n) is 9.51. The lowest BCUT2D eigenvalue weighted by Gasteiger charge is -2.34. The first kappa shape index (κ1) is 51.3. The molecule has 54 heavy (non-hydrogen) atoms. The molecule has 9 nitrogen and oxygen atoms in total. The quantitative estimate of drug-likeness (QED) is 0.0357. The third kappa shape index (κ3) is 23.9. The smallest absolute Gasteiger partial charge is 0.372 e. The van der Waals surface area contributed by atoms with Crippen LogP contribution in [0.2, 0.25) is 0 Å². The number of ether oxygens (including phenoxy) is 3. The second-order valence-corrected chi connectivity index (χ2v) is 13.7. The van der Waals surface area contributed by atoms with E-state index in [-0.39, 0.29) is 114 Å². The predicted octanol–water partition coefficient (Wildman–Crippen LogP) is -2.16. The van der Waals surface area contributed by atoms with Crippen molar-refractivity contribution in [3.05, 3.63) is 91.8 Å². The minimum Gasteiger partial charge on any atom is -1.00 e. The molecule has 0 saturated heterocycles. The van der Waals surface area contributed by atoms with Crippen molar-refractivity contribution in [3.63, 3.8) is 0 Å². The molecular formula is C42H62Br3N3O6. The largest absolute Gasteiger partial charge is 1.00 e. The number of esters is 3. The van der Waals surface area contributed by atoms with E-state index in [0.717, 1.165) is 19.3 Å². The zero-order valence-corrected chi connectivity index (χ0v) is 36.9. The molecule has 0 atom stereocenters. The van der Waals surface area contributed by atoms with Gasteiger partial charge in [-0.15, -0.1) is 0 Å². The Morgan fingerprint density at radius 1 is 0.407 bits per heavy atom. The second kappa shape index (κ2) is 32.5. The van der Waals surface area contributed by atoms with Crippen molar-refractivity contribution in [3.8, 4) is 0 Å². The van der Waals surface area contributed by atoms with Gasteiger partial charge in [-0.1, -0.05) is 102 Å². The standard InChI is InChI=1S/C42H62N3O6.3BrH/c1-2-3-4-5-6-7-8-9-10-11-12-16-23-42(24-33-49-39(46)36-43-27-17-13-18-28-43,25-34-50-40(47)37-44-29-19-14-20-30-44)26-35-51-41(48)38-45-31-21-15-22-32-45;;;/h13-15,17-22,27-32H,2-12,16,23-26,33-38H2,1H3;3*1H/q+3;;;/p-3. The van der Waals surface area contributed by atoms with Crippen LogP contribution in [-0.2, 0) is 48.2 Å². The van der Waals surface area contributed by atoms with Crippen molar-refractivity contribution in [2.75, 3.05) is 19.8 Å². The van der Waals surface area contributed by atoms with E-state index in [4.69, 9.17) is 14.2 Å². The molecule has 0 aliphatic rings. The van der Waals surface area contributed by atoms with Gasteiger partial charge in [0.15, 0.2) is 37.2 Å². The molecule has 0 bridgehead atoms. The first-order valence-corrected chi connectivity index (χ1v) is 19.3. The topological polar surface area (TPSA) is 90.5 Å². The summed E-state index contributed by atoms with van der Waals surface area (Å²) in [6.07, 6.45) is 28.8. The highest BCUT2D eigenvalue weighted by Crippen LogP contribution is 2.37. The van der Waals surface area contributed by atoms with Gasteiger partial charge in [-0.2, -0.15) is 13.7 Å². The van der Waals surface area contributed by atoms with Gasteiger partial charge < -0.3 is 65.2 Å². The van der Waals surface area contributed by atoms with Gasteiger partial charge in [-0.25, -0.2) is 14.4 Å². The van der Waals surface area contributed by atoms with Gasteiger partial charge in [0.2, 0.25) is 19.6 Å². The average molecular weight is 945 g/mol. The lowest BCUT2D eigenvalue weighted by molar-refractivity contribution is -0.686. The fraction of sp³-hybridized carbons (Fsp3) is 0.571. The van der Waals surface area contributed by atoms with Crippen LogP contribution in [-0.4, -0.2) is 37.7 Å². The van der Waals surface area contributed by atoms with E-state index < -0.39 is 0 Å². The molecule has 0 aliphatic carbocycles. The highest BCUT2D eigenvalue weighted by Gasteiger charge is 2.31. The summed E-state index contributed by atoms with van der Waals surface area (Å²) in [6.45, 7) is 3.39. The maximum Gasteiger partial charge on any atom is 0.372 e. The van der Waals surface area contributed by atoms with Crippen LogP contribution in [0.5, 0.6) is 0 Å². The first-order chi connectivity index (χ1) is 25.0. The van der Waals surface area contributed by atoms with Crippen molar-refractivity contribution >= 4 is 17.9 Å². The molecule has 0 fully saturated rings. The number of unbranched alkanes of at least 4 members (excludes halogenated alkanes) is 11. The summed E-state index contributed by atoms with van der Waals surface area (Å²) >= 11 is 0. The van der Waals surface area contributed by atoms with Gasteiger partial charge in [0.25, 0.3) is 0 Å². The van der Waals surface area contributed by atoms with E-state index in [1.165, 1.54) is 64.2 Å². The molecule has 0 unspecified atom stereocenters. The number of nitrogens with zero attached hydrogens (tertiary/aromatic N) is 3. The van der Waals surface area contributed by atoms with Crippen LogP contribution in [0.25, 0.3) is 0 Å². The number of carbonyl (C=O) groups excluding carboxylic acids is 3. The van der Waals surface area contributed by atoms with Crippen molar-refractivity contribution in [1.82, 2.24) is 0 Å². The van der Waals surface area contributed by atoms with E-state index in [0.29, 0.717) is 19.3 Å². The number of halogens is 3. The minimum absolute atomic E-state index is 0. The van der Waals surface area contributed by atoms with Crippen LogP contribution in [0.4, 0.5) is 0 Å². The molecule has 0 spiro atoms. The SMILES string of the molecule is CCCCCCCCCCCCCCC(CCOC(=O)C[n+]1ccccc1)(CCOC(=O)C[n+]1ccccc1)CCOC(=O)C[n+]1ccccc1.[Br-].[Br-].[Br-]. The number of aromatic nitrogens is 3. The Balaban J connectivity index is 0.00000936. The van der Waals surface area contributed by atoms with Crippen molar-refractivity contribution in [2.24, 2.45) is 5.41 Å². The molecule has 302 valence electrons. The van der Waals surface area contributed by atoms with Crippen LogP contribution in [0.15, 0.2) is 91.8 Å². The van der Waals surface area contributed by atoms with Gasteiger partial charge in [-0.05, 0) is 31.1 Å². The zero-order chi connectivity index (χ0) is 36.2. The van der Waals surface area contributed by atoms with E-state index >= 15 is 0 Å². The molecular weight excluding hydrogens is 882 g/mol. The summed E-state index contributed by atoms with van der Waals surface area (Å²) in [6, 6.07) is 17.0. The van der Waals surface area contributed by atoms with Gasteiger partial charge in [0.05, 0.1) is 19.8 Å². The van der Waals surface area contributed by atoms with Gasteiger partial charge in [-0.3, -0.25) is 0 Å². The highest BCUT2D eigenvalue weighted by atomic mass is 79.9. The van der Waals surface area contributed by atoms with Crippen LogP contribution < -0.4 is 64.6 Å². The molecule has 12 heteroatoms. The Morgan fingerprint density at radius 2 is 0.685 bits per heavy atom. The molecule has 0 saturated carbocycles. The summed E-state index contributed by atoms with van der Waals surface area (Å²) in [5.74, 6) is -0.908. The molecule has 0 radical (unpaired) electrons. The van der Waals surface area contributed by atoms with E-state index in [1.54, 1.807) is 13.7 Å². The number of carbonyl (C=O) groups is 3. The van der Waals surface area contributed by atoms with Crippen LogP contribution >= 0.6 is 0 Å². The summed E-state index contributed by atoms with van der Waals surface area (Å²) in [5, 5.41) is 0. The number of rotatable bonds is 28. The Hall–Kier alpha value is -2.70. The molecule has 0 N–H and O–H groups in total. The molecule has 3 aromatic heterocycles. The normalized spacial score (nSPS) is 10.6. The fourth-order valence-corrected chi connectivity index (χ4v) is 6.44. The summed E-state index contributed by atoms with van der Waals surface area (Å²) in [7, 11) is 0. The van der Waals surface area contributed by atoms with E-state index in [9.17, 15) is 14.4 Å². The molecule has 0 amide bonds. The minimum atomic E-state index is -0.334. The average Bonchev–Trinajstić information content (AvgIpc) is 3.13. The Bertz CT molecular complexity index is 1230. The third-order valence-corrected chi connectivity index (χ3v) is 9.51. The summed E-state index contributed by atoms with van der Waals surface area (Å²) in [5.41, 5.74) is -0.334. The van der Waals surface area contributed by atoms with Crippen LogP contribution in [0, 0.1) is 5.41 Å². The van der Waals surface area contributed by atoms with Crippen molar-refractivity contribution < 1.29 is 93.2 Å². The molecule has 3 rings (SSSR count). The Morgan fingerprint density at radius 3 is 0.981 bits per heavy atom. The maximum atomic E-state index is 12.7. The molecule has 3 heterocycles. The fourth-order valence-electron chi connectivity index (χ4n) is 6.44. The Labute approximate surface area is 355 Å². The van der Waals surface area contributed by atoms with Crippen LogP contribution in [0.1, 0.15) is 110 Å². The van der Waals surface area contributed by atoms with Crippen LogP contribution in [0.3, 0.4) is 0 Å². The first-order valence-electron chi connectivity index (χ1n) is 19.3. The van der Waals surface area contributed by atoms with E-state index in [1.807, 2.05) is 91.8 Å². The van der Waals surface area contributed by atoms with E-state index in [2.05, 4.69) is 6.92 Å². The molecule has 0 aromatic carbocycles. The van der Waals surface area contributed by atoms with Crippen molar-refractivity contribution in [2.45, 2.75) is 129 Å². The highest BCUT2D eigenvalue weighted by molar-refractivity contribution is 5.68. The zero-order valence-electron chi connectivity index (χ0n) is 32.1. The second-order valence-electron chi connectivity index (χ2n) is 13.7. The lowest BCUT2D eigenvalue weighted by atomic mass is 9.74. The molecule has 0 aliphatic heterocycles. The monoisotopic (exact) mass is 941 g/mol. The Kier molecular flexibility index (Phi) is 30.9. The maximum absolute atomic E-state index is 12.7. The summed E-state index contributed by atoms with van der Waals surface area (Å²) < 4.78 is 22.6. The van der Waals surface area contributed by atoms with Gasteiger partial charge in [0, 0.05) is 36.4 Å². The van der Waals surface area contributed by atoms with Gasteiger partial charge in [0.1, 0.15) is 0 Å². The number of hydrogen-bond donors (Lipinski definition) is 0.